The van der Waals surface area contributed by atoms with Gasteiger partial charge in [-0.3, -0.25) is 0 Å². The second-order valence-electron chi connectivity index (χ2n) is 5.22. The lowest BCUT2D eigenvalue weighted by Crippen LogP contribution is -2.39. The molecule has 0 saturated heterocycles. The molecule has 1 saturated carbocycles. The molecule has 0 unspecified atom stereocenters. The molecule has 0 aliphatic heterocycles. The lowest BCUT2D eigenvalue weighted by molar-refractivity contribution is 0.244. The van der Waals surface area contributed by atoms with Crippen molar-refractivity contribution in [1.82, 2.24) is 10.6 Å². The van der Waals surface area contributed by atoms with E-state index in [1.165, 1.54) is 19.3 Å². The highest BCUT2D eigenvalue weighted by atomic mass is 16.2. The molecule has 1 aromatic rings. The predicted molar refractivity (Wildman–Crippen MR) is 83.5 cm³/mol. The van der Waals surface area contributed by atoms with Crippen molar-refractivity contribution in [1.29, 1.82) is 0 Å². The summed E-state index contributed by atoms with van der Waals surface area (Å²) in [4.78, 5) is 23.2. The van der Waals surface area contributed by atoms with Gasteiger partial charge in [0.15, 0.2) is 0 Å². The van der Waals surface area contributed by atoms with E-state index in [9.17, 15) is 9.59 Å². The van der Waals surface area contributed by atoms with Crippen LogP contribution in [0.1, 0.15) is 32.1 Å². The molecule has 0 spiro atoms. The van der Waals surface area contributed by atoms with E-state index in [1.54, 1.807) is 31.3 Å². The molecule has 0 heterocycles. The minimum Gasteiger partial charge on any atom is -0.341 e. The lowest BCUT2D eigenvalue weighted by Gasteiger charge is -2.22. The van der Waals surface area contributed by atoms with Crippen molar-refractivity contribution < 1.29 is 9.59 Å². The first-order valence-electron chi connectivity index (χ1n) is 7.33. The number of hydrogen-bond acceptors (Lipinski definition) is 2. The van der Waals surface area contributed by atoms with E-state index >= 15 is 0 Å². The second kappa shape index (κ2) is 7.52. The lowest BCUT2D eigenvalue weighted by atomic mass is 9.96. The normalized spacial score (nSPS) is 15.1. The Balaban J connectivity index is 1.87. The van der Waals surface area contributed by atoms with Gasteiger partial charge in [0.25, 0.3) is 0 Å². The molecule has 1 fully saturated rings. The number of rotatable bonds is 3. The Morgan fingerprint density at radius 1 is 1.00 bits per heavy atom. The highest BCUT2D eigenvalue weighted by Gasteiger charge is 2.15. The maximum absolute atomic E-state index is 11.9. The van der Waals surface area contributed by atoms with E-state index in [4.69, 9.17) is 0 Å². The number of nitrogens with one attached hydrogen (secondary N) is 4. The number of carbonyl (C=O) groups is 2. The maximum atomic E-state index is 11.9. The van der Waals surface area contributed by atoms with Crippen LogP contribution in [0.2, 0.25) is 0 Å². The molecule has 0 radical (unpaired) electrons. The van der Waals surface area contributed by atoms with Crippen LogP contribution >= 0.6 is 0 Å². The van der Waals surface area contributed by atoms with Gasteiger partial charge in [0.2, 0.25) is 0 Å². The van der Waals surface area contributed by atoms with E-state index in [2.05, 4.69) is 21.3 Å². The van der Waals surface area contributed by atoms with Gasteiger partial charge < -0.3 is 21.3 Å². The van der Waals surface area contributed by atoms with Gasteiger partial charge in [0.05, 0.1) is 0 Å². The molecule has 6 heteroatoms. The Hall–Kier alpha value is -2.24. The van der Waals surface area contributed by atoms with E-state index in [1.807, 2.05) is 0 Å². The Bertz CT molecular complexity index is 498. The first kappa shape index (κ1) is 15.2. The van der Waals surface area contributed by atoms with Gasteiger partial charge in [0.1, 0.15) is 0 Å². The van der Waals surface area contributed by atoms with E-state index in [-0.39, 0.29) is 18.1 Å². The Kier molecular flexibility index (Phi) is 5.43. The number of urea groups is 2. The fraction of sp³-hybridized carbons (Fsp3) is 0.467. The van der Waals surface area contributed by atoms with Crippen LogP contribution in [-0.2, 0) is 0 Å². The highest BCUT2D eigenvalue weighted by molar-refractivity contribution is 5.92. The van der Waals surface area contributed by atoms with Crippen molar-refractivity contribution >= 4 is 23.4 Å². The summed E-state index contributed by atoms with van der Waals surface area (Å²) in [5.74, 6) is 0. The summed E-state index contributed by atoms with van der Waals surface area (Å²) >= 11 is 0. The zero-order valence-corrected chi connectivity index (χ0v) is 12.2. The highest BCUT2D eigenvalue weighted by Crippen LogP contribution is 2.18. The number of hydrogen-bond donors (Lipinski definition) is 4. The summed E-state index contributed by atoms with van der Waals surface area (Å²) in [6.45, 7) is 0. The molecular formula is C15H22N4O2. The maximum Gasteiger partial charge on any atom is 0.319 e. The molecule has 6 nitrogen and oxygen atoms in total. The molecule has 21 heavy (non-hydrogen) atoms. The van der Waals surface area contributed by atoms with Crippen LogP contribution in [0, 0.1) is 0 Å². The average molecular weight is 290 g/mol. The van der Waals surface area contributed by atoms with Gasteiger partial charge >= 0.3 is 12.1 Å². The molecule has 2 rings (SSSR count). The van der Waals surface area contributed by atoms with Crippen LogP contribution < -0.4 is 21.3 Å². The van der Waals surface area contributed by atoms with Crippen LogP contribution in [0.25, 0.3) is 0 Å². The summed E-state index contributed by atoms with van der Waals surface area (Å²) in [6.07, 6.45) is 5.71. The van der Waals surface area contributed by atoms with Crippen LogP contribution in [0.5, 0.6) is 0 Å². The fourth-order valence-corrected chi connectivity index (χ4v) is 2.47. The first-order chi connectivity index (χ1) is 10.2. The molecule has 0 aromatic heterocycles. The van der Waals surface area contributed by atoms with Gasteiger partial charge in [-0.05, 0) is 31.0 Å². The number of anilines is 2. The third-order valence-electron chi connectivity index (χ3n) is 3.55. The Labute approximate surface area is 124 Å². The van der Waals surface area contributed by atoms with Crippen LogP contribution in [0.4, 0.5) is 21.0 Å². The predicted octanol–water partition coefficient (Wildman–Crippen LogP) is 2.89. The molecule has 114 valence electrons. The average Bonchev–Trinajstić information content (AvgIpc) is 2.48. The summed E-state index contributed by atoms with van der Waals surface area (Å²) in [5.41, 5.74) is 1.28. The van der Waals surface area contributed by atoms with Gasteiger partial charge in [-0.15, -0.1) is 0 Å². The number of amides is 4. The van der Waals surface area contributed by atoms with Crippen LogP contribution in [0.15, 0.2) is 24.3 Å². The molecule has 0 bridgehead atoms. The van der Waals surface area contributed by atoms with Gasteiger partial charge in [-0.1, -0.05) is 25.3 Å². The van der Waals surface area contributed by atoms with Crippen LogP contribution in [0.3, 0.4) is 0 Å². The zero-order chi connectivity index (χ0) is 15.1. The molecule has 0 atom stereocenters. The summed E-state index contributed by atoms with van der Waals surface area (Å²) in [5, 5.41) is 10.9. The third kappa shape index (κ3) is 4.98. The standard InChI is InChI=1S/C15H22N4O2/c1-16-14(20)18-12-8-5-9-13(10-12)19-15(21)17-11-6-3-2-4-7-11/h5,8-11H,2-4,6-7H2,1H3,(H2,16,18,20)(H2,17,19,21). The Morgan fingerprint density at radius 2 is 1.62 bits per heavy atom. The summed E-state index contributed by atoms with van der Waals surface area (Å²) in [6, 6.07) is 6.83. The van der Waals surface area contributed by atoms with E-state index < -0.39 is 0 Å². The van der Waals surface area contributed by atoms with Crippen molar-refractivity contribution in [3.8, 4) is 0 Å². The smallest absolute Gasteiger partial charge is 0.319 e. The Morgan fingerprint density at radius 3 is 2.24 bits per heavy atom. The summed E-state index contributed by atoms with van der Waals surface area (Å²) < 4.78 is 0. The van der Waals surface area contributed by atoms with Gasteiger partial charge in [0, 0.05) is 24.5 Å². The van der Waals surface area contributed by atoms with Crippen molar-refractivity contribution in [2.45, 2.75) is 38.1 Å². The SMILES string of the molecule is CNC(=O)Nc1cccc(NC(=O)NC2CCCCC2)c1. The van der Waals surface area contributed by atoms with Crippen molar-refractivity contribution in [2.75, 3.05) is 17.7 Å². The first-order valence-corrected chi connectivity index (χ1v) is 7.33. The van der Waals surface area contributed by atoms with Gasteiger partial charge in [-0.2, -0.15) is 0 Å². The zero-order valence-electron chi connectivity index (χ0n) is 12.2. The van der Waals surface area contributed by atoms with Crippen molar-refractivity contribution in [2.24, 2.45) is 0 Å². The van der Waals surface area contributed by atoms with E-state index in [0.29, 0.717) is 11.4 Å². The number of benzene rings is 1. The topological polar surface area (TPSA) is 82.3 Å². The third-order valence-corrected chi connectivity index (χ3v) is 3.55. The van der Waals surface area contributed by atoms with Gasteiger partial charge in [-0.25, -0.2) is 9.59 Å². The number of carbonyl (C=O) groups excluding carboxylic acids is 2. The second-order valence-corrected chi connectivity index (χ2v) is 5.22. The molecule has 1 aromatic carbocycles. The van der Waals surface area contributed by atoms with Crippen molar-refractivity contribution in [3.05, 3.63) is 24.3 Å². The molecule has 4 amide bonds. The molecule has 1 aliphatic rings. The fourth-order valence-electron chi connectivity index (χ4n) is 2.47. The molecule has 4 N–H and O–H groups in total. The summed E-state index contributed by atoms with van der Waals surface area (Å²) in [7, 11) is 1.55. The molecular weight excluding hydrogens is 268 g/mol. The minimum absolute atomic E-state index is 0.195. The quantitative estimate of drug-likeness (QED) is 0.690. The molecule has 1 aliphatic carbocycles. The monoisotopic (exact) mass is 290 g/mol. The minimum atomic E-state index is -0.293. The largest absolute Gasteiger partial charge is 0.341 e. The van der Waals surface area contributed by atoms with Crippen LogP contribution in [-0.4, -0.2) is 25.2 Å². The van der Waals surface area contributed by atoms with Crippen molar-refractivity contribution in [3.63, 3.8) is 0 Å². The van der Waals surface area contributed by atoms with E-state index in [0.717, 1.165) is 12.8 Å².